The number of rotatable bonds is 2. The monoisotopic (exact) mass is 387 g/mol. The fourth-order valence-electron chi connectivity index (χ4n) is 4.10. The first-order valence-electron chi connectivity index (χ1n) is 9.26. The quantitative estimate of drug-likeness (QED) is 0.484. The zero-order chi connectivity index (χ0) is 20.1. The van der Waals surface area contributed by atoms with Gasteiger partial charge in [0.1, 0.15) is 11.6 Å². The fourth-order valence-corrected chi connectivity index (χ4v) is 4.10. The van der Waals surface area contributed by atoms with Gasteiger partial charge in [0.05, 0.1) is 16.8 Å². The molecule has 0 fully saturated rings. The van der Waals surface area contributed by atoms with Gasteiger partial charge in [0.2, 0.25) is 0 Å². The molecule has 3 aromatic carbocycles. The van der Waals surface area contributed by atoms with Gasteiger partial charge in [0.25, 0.3) is 0 Å². The highest BCUT2D eigenvalue weighted by Gasteiger charge is 2.26. The maximum absolute atomic E-state index is 13.7. The minimum atomic E-state index is -1.08. The number of aromatic carboxylic acids is 1. The summed E-state index contributed by atoms with van der Waals surface area (Å²) in [4.78, 5) is 16.7. The SMILES string of the molecule is O=C(O)c1c2c(nc3ccc(F)cc13)-c1ccc(-c3ccc(F)cc3)cc1CC2. The second-order valence-corrected chi connectivity index (χ2v) is 7.16. The number of aromatic nitrogens is 1. The summed E-state index contributed by atoms with van der Waals surface area (Å²) < 4.78 is 27.0. The van der Waals surface area contributed by atoms with E-state index in [2.05, 4.69) is 4.98 Å². The predicted octanol–water partition coefficient (Wildman–Crippen LogP) is 5.64. The molecule has 0 bridgehead atoms. The van der Waals surface area contributed by atoms with E-state index >= 15 is 0 Å². The minimum Gasteiger partial charge on any atom is -0.478 e. The molecule has 5 rings (SSSR count). The van der Waals surface area contributed by atoms with Crippen LogP contribution in [0, 0.1) is 11.6 Å². The highest BCUT2D eigenvalue weighted by atomic mass is 19.1. The molecule has 1 aromatic heterocycles. The molecule has 0 unspecified atom stereocenters. The van der Waals surface area contributed by atoms with E-state index in [1.807, 2.05) is 18.2 Å². The standard InChI is InChI=1S/C24H15F2NO2/c25-16-5-1-13(2-6-16)14-3-8-18-15(11-14)4-9-19-22(24(28)29)20-12-17(26)7-10-21(20)27-23(18)19/h1-3,5-8,10-12H,4,9H2,(H,28,29). The van der Waals surface area contributed by atoms with Crippen molar-refractivity contribution >= 4 is 16.9 Å². The Balaban J connectivity index is 1.71. The molecule has 1 heterocycles. The molecule has 0 saturated carbocycles. The van der Waals surface area contributed by atoms with Crippen LogP contribution in [0.25, 0.3) is 33.3 Å². The van der Waals surface area contributed by atoms with Crippen LogP contribution in [0.15, 0.2) is 60.7 Å². The molecule has 0 saturated heterocycles. The highest BCUT2D eigenvalue weighted by Crippen LogP contribution is 2.38. The topological polar surface area (TPSA) is 50.2 Å². The zero-order valence-electron chi connectivity index (χ0n) is 15.2. The van der Waals surface area contributed by atoms with Crippen LogP contribution in [0.3, 0.4) is 0 Å². The third-order valence-corrected chi connectivity index (χ3v) is 5.44. The van der Waals surface area contributed by atoms with E-state index in [9.17, 15) is 18.7 Å². The van der Waals surface area contributed by atoms with E-state index in [1.54, 1.807) is 12.1 Å². The van der Waals surface area contributed by atoms with Crippen molar-refractivity contribution in [3.63, 3.8) is 0 Å². The molecule has 1 N–H and O–H groups in total. The Morgan fingerprint density at radius 1 is 0.862 bits per heavy atom. The number of carboxylic acids is 1. The maximum Gasteiger partial charge on any atom is 0.336 e. The van der Waals surface area contributed by atoms with Crippen molar-refractivity contribution in [2.45, 2.75) is 12.8 Å². The van der Waals surface area contributed by atoms with Gasteiger partial charge in [-0.05, 0) is 65.4 Å². The van der Waals surface area contributed by atoms with Gasteiger partial charge in [-0.3, -0.25) is 0 Å². The lowest BCUT2D eigenvalue weighted by Gasteiger charge is -2.22. The van der Waals surface area contributed by atoms with Crippen molar-refractivity contribution in [2.75, 3.05) is 0 Å². The van der Waals surface area contributed by atoms with Gasteiger partial charge in [-0.15, -0.1) is 0 Å². The number of halogens is 2. The minimum absolute atomic E-state index is 0.123. The Labute approximate surface area is 165 Å². The molecule has 1 aliphatic carbocycles. The number of pyridine rings is 1. The zero-order valence-corrected chi connectivity index (χ0v) is 15.2. The number of carbonyl (C=O) groups is 1. The fraction of sp³-hybridized carbons (Fsp3) is 0.0833. The van der Waals surface area contributed by atoms with Crippen molar-refractivity contribution < 1.29 is 18.7 Å². The Hall–Kier alpha value is -3.60. The van der Waals surface area contributed by atoms with Crippen LogP contribution in [0.4, 0.5) is 8.78 Å². The first kappa shape index (κ1) is 17.5. The molecular formula is C24H15F2NO2. The van der Waals surface area contributed by atoms with Crippen molar-refractivity contribution in [2.24, 2.45) is 0 Å². The first-order valence-corrected chi connectivity index (χ1v) is 9.26. The lowest BCUT2D eigenvalue weighted by Crippen LogP contribution is -2.13. The number of carboxylic acid groups (broad SMARTS) is 1. The van der Waals surface area contributed by atoms with Crippen molar-refractivity contribution in [1.29, 1.82) is 0 Å². The molecule has 1 aliphatic rings. The van der Waals surface area contributed by atoms with E-state index in [4.69, 9.17) is 0 Å². The number of benzene rings is 3. The van der Waals surface area contributed by atoms with Crippen LogP contribution < -0.4 is 0 Å². The van der Waals surface area contributed by atoms with Crippen LogP contribution in [0.5, 0.6) is 0 Å². The highest BCUT2D eigenvalue weighted by molar-refractivity contribution is 6.06. The second-order valence-electron chi connectivity index (χ2n) is 7.16. The average Bonchev–Trinajstić information content (AvgIpc) is 2.72. The number of fused-ring (bicyclic) bond motifs is 4. The molecule has 5 heteroatoms. The van der Waals surface area contributed by atoms with E-state index in [1.165, 1.54) is 30.3 Å². The second kappa shape index (κ2) is 6.48. The molecule has 0 radical (unpaired) electrons. The number of nitrogens with zero attached hydrogens (tertiary/aromatic N) is 1. The van der Waals surface area contributed by atoms with Gasteiger partial charge < -0.3 is 5.11 Å². The summed E-state index contributed by atoms with van der Waals surface area (Å²) in [7, 11) is 0. The summed E-state index contributed by atoms with van der Waals surface area (Å²) in [5.41, 5.74) is 5.67. The molecule has 0 aliphatic heterocycles. The van der Waals surface area contributed by atoms with Gasteiger partial charge in [0, 0.05) is 10.9 Å². The van der Waals surface area contributed by atoms with E-state index < -0.39 is 11.8 Å². The maximum atomic E-state index is 13.7. The van der Waals surface area contributed by atoms with Gasteiger partial charge in [-0.1, -0.05) is 30.3 Å². The molecule has 29 heavy (non-hydrogen) atoms. The van der Waals surface area contributed by atoms with Crippen LogP contribution >= 0.6 is 0 Å². The van der Waals surface area contributed by atoms with Crippen LogP contribution in [-0.2, 0) is 12.8 Å². The third kappa shape index (κ3) is 2.86. The summed E-state index contributed by atoms with van der Waals surface area (Å²) in [5, 5.41) is 10.1. The molecule has 0 atom stereocenters. The Morgan fingerprint density at radius 3 is 2.34 bits per heavy atom. The molecule has 4 aromatic rings. The van der Waals surface area contributed by atoms with Gasteiger partial charge in [-0.25, -0.2) is 18.6 Å². The smallest absolute Gasteiger partial charge is 0.336 e. The lowest BCUT2D eigenvalue weighted by atomic mass is 9.84. The summed E-state index contributed by atoms with van der Waals surface area (Å²) in [6.45, 7) is 0. The predicted molar refractivity (Wildman–Crippen MR) is 107 cm³/mol. The third-order valence-electron chi connectivity index (χ3n) is 5.44. The van der Waals surface area contributed by atoms with Gasteiger partial charge >= 0.3 is 5.97 Å². The normalized spacial score (nSPS) is 12.5. The van der Waals surface area contributed by atoms with Crippen molar-refractivity contribution in [3.8, 4) is 22.4 Å². The summed E-state index contributed by atoms with van der Waals surface area (Å²) in [5.74, 6) is -1.85. The van der Waals surface area contributed by atoms with Crippen LogP contribution in [-0.4, -0.2) is 16.1 Å². The van der Waals surface area contributed by atoms with E-state index in [-0.39, 0.29) is 11.4 Å². The van der Waals surface area contributed by atoms with Crippen LogP contribution in [0.2, 0.25) is 0 Å². The molecule has 142 valence electrons. The van der Waals surface area contributed by atoms with Gasteiger partial charge in [0.15, 0.2) is 0 Å². The van der Waals surface area contributed by atoms with E-state index in [0.717, 1.165) is 22.3 Å². The summed E-state index contributed by atoms with van der Waals surface area (Å²) in [6.07, 6.45) is 1.16. The van der Waals surface area contributed by atoms with Crippen LogP contribution in [0.1, 0.15) is 21.5 Å². The Bertz CT molecular complexity index is 1300. The number of aryl methyl sites for hydroxylation is 1. The average molecular weight is 387 g/mol. The van der Waals surface area contributed by atoms with Crippen molar-refractivity contribution in [3.05, 3.63) is 89.0 Å². The number of hydrogen-bond donors (Lipinski definition) is 1. The molecule has 0 spiro atoms. The Kier molecular flexibility index (Phi) is 3.91. The molecular weight excluding hydrogens is 372 g/mol. The van der Waals surface area contributed by atoms with Crippen molar-refractivity contribution in [1.82, 2.24) is 4.98 Å². The summed E-state index contributed by atoms with van der Waals surface area (Å²) in [6, 6.07) is 16.3. The number of hydrogen-bond acceptors (Lipinski definition) is 2. The first-order chi connectivity index (χ1) is 14.0. The van der Waals surface area contributed by atoms with Gasteiger partial charge in [-0.2, -0.15) is 0 Å². The summed E-state index contributed by atoms with van der Waals surface area (Å²) >= 11 is 0. The van der Waals surface area contributed by atoms with E-state index in [0.29, 0.717) is 35.0 Å². The Morgan fingerprint density at radius 2 is 1.59 bits per heavy atom. The molecule has 0 amide bonds. The largest absolute Gasteiger partial charge is 0.478 e. The lowest BCUT2D eigenvalue weighted by molar-refractivity contribution is 0.0698. The molecule has 3 nitrogen and oxygen atoms in total.